The molecule has 0 spiro atoms. The zero-order valence-corrected chi connectivity index (χ0v) is 24.1. The van der Waals surface area contributed by atoms with Gasteiger partial charge in [0.1, 0.15) is 5.00 Å². The highest BCUT2D eigenvalue weighted by atomic mass is 32.1. The first kappa shape index (κ1) is 26.4. The molecule has 12 heteroatoms. The van der Waals surface area contributed by atoms with E-state index in [1.807, 2.05) is 35.9 Å². The number of likely N-dealkylation sites (tertiary alicyclic amines) is 1. The van der Waals surface area contributed by atoms with Crippen LogP contribution in [-0.4, -0.2) is 52.6 Å². The van der Waals surface area contributed by atoms with Crippen LogP contribution in [0, 0.1) is 6.92 Å². The minimum atomic E-state index is -0.145. The van der Waals surface area contributed by atoms with Crippen molar-refractivity contribution in [1.82, 2.24) is 33.6 Å². The maximum Gasteiger partial charge on any atom is 0.230 e. The molecular formula is C28H30N9OPS. The molecule has 5 aromatic heterocycles. The summed E-state index contributed by atoms with van der Waals surface area (Å²) in [7, 11) is 2.58. The number of piperidine rings is 1. The number of nitrogens with zero attached hydrogens (tertiary/aromatic N) is 7. The third-order valence-electron chi connectivity index (χ3n) is 6.83. The van der Waals surface area contributed by atoms with E-state index in [0.29, 0.717) is 22.8 Å². The van der Waals surface area contributed by atoms with Crippen LogP contribution in [0.15, 0.2) is 55.2 Å². The Morgan fingerprint density at radius 1 is 1.07 bits per heavy atom. The Morgan fingerprint density at radius 2 is 1.95 bits per heavy atom. The first-order valence-corrected chi connectivity index (χ1v) is 14.6. The van der Waals surface area contributed by atoms with Crippen LogP contribution >= 0.6 is 20.8 Å². The highest BCUT2D eigenvalue weighted by Crippen LogP contribution is 2.28. The van der Waals surface area contributed by atoms with Crippen LogP contribution in [0.5, 0.6) is 0 Å². The maximum absolute atomic E-state index is 12.7. The van der Waals surface area contributed by atoms with E-state index in [1.165, 1.54) is 30.8 Å². The summed E-state index contributed by atoms with van der Waals surface area (Å²) >= 11 is 1.44. The van der Waals surface area contributed by atoms with Crippen LogP contribution in [0.4, 0.5) is 16.5 Å². The Labute approximate surface area is 238 Å². The average Bonchev–Trinajstić information content (AvgIpc) is 3.57. The summed E-state index contributed by atoms with van der Waals surface area (Å²) in [5.41, 5.74) is 5.83. The van der Waals surface area contributed by atoms with Crippen molar-refractivity contribution in [1.29, 1.82) is 0 Å². The standard InChI is InChI=1S/C28H30N9OPS/c1-18-16-37-23(19-5-8-30-20(11-19)12-25(38)33-22-6-7-29-15-24(22)39)14-31-28(37)27(32-18)34-26-13-21(35-40-26)17-36-9-3-2-4-10-36/h5-8,11,13-16H,2-4,9-10,12,17,39H2,1H3,(H,32,34)(H,29,33,38). The van der Waals surface area contributed by atoms with Gasteiger partial charge in [0.05, 0.1) is 41.1 Å². The molecule has 1 atom stereocenters. The predicted molar refractivity (Wildman–Crippen MR) is 161 cm³/mol. The minimum Gasteiger partial charge on any atom is -0.328 e. The van der Waals surface area contributed by atoms with Gasteiger partial charge in [-0.2, -0.15) is 4.37 Å². The molecular weight excluding hydrogens is 541 g/mol. The molecule has 0 bridgehead atoms. The maximum atomic E-state index is 12.7. The molecule has 0 saturated carbocycles. The summed E-state index contributed by atoms with van der Waals surface area (Å²) in [6.45, 7) is 5.13. The number of carbonyl (C=O) groups excluding carboxylic acids is 1. The molecule has 0 aromatic carbocycles. The Hall–Kier alpha value is -3.79. The second kappa shape index (κ2) is 11.8. The minimum absolute atomic E-state index is 0.145. The summed E-state index contributed by atoms with van der Waals surface area (Å²) in [6.07, 6.45) is 12.8. The zero-order chi connectivity index (χ0) is 27.5. The van der Waals surface area contributed by atoms with Gasteiger partial charge in [-0.1, -0.05) is 6.42 Å². The van der Waals surface area contributed by atoms with Crippen molar-refractivity contribution in [3.05, 3.63) is 72.3 Å². The van der Waals surface area contributed by atoms with Crippen LogP contribution in [0.3, 0.4) is 0 Å². The molecule has 6 rings (SSSR count). The van der Waals surface area contributed by atoms with E-state index in [4.69, 9.17) is 9.97 Å². The molecule has 5 aromatic rings. The van der Waals surface area contributed by atoms with E-state index in [2.05, 4.69) is 45.2 Å². The number of amides is 1. The summed E-state index contributed by atoms with van der Waals surface area (Å²) in [6, 6.07) is 7.73. The Morgan fingerprint density at radius 3 is 2.80 bits per heavy atom. The first-order valence-electron chi connectivity index (χ1n) is 13.3. The summed E-state index contributed by atoms with van der Waals surface area (Å²) in [5.74, 6) is 0.534. The van der Waals surface area contributed by atoms with Gasteiger partial charge in [-0.25, -0.2) is 9.97 Å². The quantitative estimate of drug-likeness (QED) is 0.264. The molecule has 1 fully saturated rings. The van der Waals surface area contributed by atoms with Crippen LogP contribution in [0.1, 0.15) is 36.3 Å². The van der Waals surface area contributed by atoms with Crippen molar-refractivity contribution < 1.29 is 4.79 Å². The summed E-state index contributed by atoms with van der Waals surface area (Å²) < 4.78 is 6.69. The van der Waals surface area contributed by atoms with Crippen LogP contribution in [0.25, 0.3) is 16.9 Å². The van der Waals surface area contributed by atoms with Crippen LogP contribution < -0.4 is 15.9 Å². The lowest BCUT2D eigenvalue weighted by molar-refractivity contribution is -0.115. The Kier molecular flexibility index (Phi) is 7.77. The lowest BCUT2D eigenvalue weighted by Gasteiger charge is -2.25. The lowest BCUT2D eigenvalue weighted by atomic mass is 10.1. The first-order chi connectivity index (χ1) is 19.5. The number of aryl methyl sites for hydroxylation is 1. The van der Waals surface area contributed by atoms with E-state index >= 15 is 0 Å². The molecule has 1 unspecified atom stereocenters. The van der Waals surface area contributed by atoms with Crippen molar-refractivity contribution >= 4 is 54.1 Å². The number of pyridine rings is 2. The number of carbonyl (C=O) groups is 1. The van der Waals surface area contributed by atoms with Gasteiger partial charge in [0.15, 0.2) is 11.5 Å². The summed E-state index contributed by atoms with van der Waals surface area (Å²) in [4.78, 5) is 33.1. The Balaban J connectivity index is 1.20. The molecule has 0 aliphatic carbocycles. The molecule has 0 radical (unpaired) electrons. The summed E-state index contributed by atoms with van der Waals surface area (Å²) in [5, 5.41) is 8.14. The molecule has 1 amide bonds. The average molecular weight is 572 g/mol. The molecule has 1 saturated heterocycles. The number of rotatable bonds is 8. The Bertz CT molecular complexity index is 1660. The molecule has 1 aliphatic heterocycles. The number of anilines is 3. The van der Waals surface area contributed by atoms with E-state index < -0.39 is 0 Å². The molecule has 2 N–H and O–H groups in total. The molecule has 6 heterocycles. The molecule has 10 nitrogen and oxygen atoms in total. The smallest absolute Gasteiger partial charge is 0.230 e. The highest BCUT2D eigenvalue weighted by molar-refractivity contribution is 7.28. The second-order valence-corrected chi connectivity index (χ2v) is 11.4. The van der Waals surface area contributed by atoms with Gasteiger partial charge in [0, 0.05) is 42.2 Å². The van der Waals surface area contributed by atoms with Crippen molar-refractivity contribution in [2.75, 3.05) is 23.7 Å². The van der Waals surface area contributed by atoms with E-state index in [9.17, 15) is 4.79 Å². The highest BCUT2D eigenvalue weighted by Gasteiger charge is 2.16. The third-order valence-corrected chi connectivity index (χ3v) is 8.03. The van der Waals surface area contributed by atoms with Gasteiger partial charge in [0.25, 0.3) is 0 Å². The van der Waals surface area contributed by atoms with Gasteiger partial charge in [0.2, 0.25) is 5.91 Å². The largest absolute Gasteiger partial charge is 0.328 e. The zero-order valence-electron chi connectivity index (χ0n) is 22.2. The normalized spacial score (nSPS) is 13.9. The van der Waals surface area contributed by atoms with Gasteiger partial charge in [-0.05, 0) is 68.7 Å². The van der Waals surface area contributed by atoms with Gasteiger partial charge in [-0.3, -0.25) is 24.1 Å². The third kappa shape index (κ3) is 6.01. The number of hydrogen-bond donors (Lipinski definition) is 2. The number of aromatic nitrogens is 6. The van der Waals surface area contributed by atoms with Crippen molar-refractivity contribution in [3.8, 4) is 11.3 Å². The number of hydrogen-bond acceptors (Lipinski definition) is 9. The lowest BCUT2D eigenvalue weighted by Crippen LogP contribution is -2.29. The van der Waals surface area contributed by atoms with Crippen molar-refractivity contribution in [3.63, 3.8) is 0 Å². The van der Waals surface area contributed by atoms with Gasteiger partial charge < -0.3 is 10.6 Å². The fraction of sp³-hybridized carbons (Fsp3) is 0.286. The van der Waals surface area contributed by atoms with E-state index in [1.54, 1.807) is 24.7 Å². The predicted octanol–water partition coefficient (Wildman–Crippen LogP) is 4.36. The topological polar surface area (TPSA) is 113 Å². The number of nitrogens with one attached hydrogen (secondary N) is 2. The van der Waals surface area contributed by atoms with Crippen molar-refractivity contribution in [2.45, 2.75) is 39.2 Å². The fourth-order valence-electron chi connectivity index (χ4n) is 4.93. The molecule has 1 aliphatic rings. The van der Waals surface area contributed by atoms with Crippen LogP contribution in [-0.2, 0) is 17.8 Å². The number of imidazole rings is 1. The van der Waals surface area contributed by atoms with Gasteiger partial charge in [-0.15, -0.1) is 9.24 Å². The molecule has 40 heavy (non-hydrogen) atoms. The van der Waals surface area contributed by atoms with E-state index in [-0.39, 0.29) is 12.3 Å². The van der Waals surface area contributed by atoms with Crippen molar-refractivity contribution in [2.24, 2.45) is 0 Å². The second-order valence-electron chi connectivity index (χ2n) is 9.94. The molecule has 204 valence electrons. The van der Waals surface area contributed by atoms with E-state index in [0.717, 1.165) is 52.6 Å². The van der Waals surface area contributed by atoms with Gasteiger partial charge >= 0.3 is 0 Å². The fourth-order valence-corrected chi connectivity index (χ4v) is 5.84. The monoisotopic (exact) mass is 571 g/mol. The SMILES string of the molecule is Cc1cn2c(-c3ccnc(CC(=O)Nc4ccncc4P)c3)cnc2c(Nc2cc(CN3CCCCC3)ns2)n1. The number of fused-ring (bicyclic) bond motifs is 1. The van der Waals surface area contributed by atoms with Crippen LogP contribution in [0.2, 0.25) is 0 Å².